The van der Waals surface area contributed by atoms with E-state index in [0.29, 0.717) is 4.60 Å². The van der Waals surface area contributed by atoms with Gasteiger partial charge in [-0.05, 0) is 28.1 Å². The lowest BCUT2D eigenvalue weighted by atomic mass is 10.3. The second-order valence-electron chi connectivity index (χ2n) is 2.78. The van der Waals surface area contributed by atoms with Gasteiger partial charge < -0.3 is 10.4 Å². The Balaban J connectivity index is 2.51. The second kappa shape index (κ2) is 4.80. The number of anilines is 1. The molecule has 1 unspecified atom stereocenters. The zero-order valence-electron chi connectivity index (χ0n) is 7.42. The van der Waals surface area contributed by atoms with Gasteiger partial charge in [-0.1, -0.05) is 6.07 Å². The van der Waals surface area contributed by atoms with E-state index in [1.54, 1.807) is 12.1 Å². The predicted octanol–water partition coefficient (Wildman–Crippen LogP) is 2.18. The molecule has 2 N–H and O–H groups in total. The highest BCUT2D eigenvalue weighted by molar-refractivity contribution is 9.10. The first kappa shape index (κ1) is 12.3. The van der Waals surface area contributed by atoms with Gasteiger partial charge in [0, 0.05) is 0 Å². The van der Waals surface area contributed by atoms with Crippen molar-refractivity contribution >= 4 is 21.7 Å². The summed E-state index contributed by atoms with van der Waals surface area (Å²) in [5.74, 6) is 0.271. The number of aliphatic hydroxyl groups excluding tert-OH is 1. The molecule has 1 rings (SSSR count). The average Bonchev–Trinajstić information content (AvgIpc) is 2.12. The molecule has 0 aliphatic heterocycles. The van der Waals surface area contributed by atoms with Crippen LogP contribution in [0.1, 0.15) is 0 Å². The van der Waals surface area contributed by atoms with E-state index in [0.717, 1.165) is 0 Å². The Labute approximate surface area is 92.5 Å². The number of alkyl halides is 3. The lowest BCUT2D eigenvalue weighted by Crippen LogP contribution is -2.35. The number of pyridine rings is 1. The Hall–Kier alpha value is -0.820. The minimum Gasteiger partial charge on any atom is -0.382 e. The highest BCUT2D eigenvalue weighted by Crippen LogP contribution is 2.20. The van der Waals surface area contributed by atoms with Gasteiger partial charge in [0.2, 0.25) is 0 Å². The van der Waals surface area contributed by atoms with Gasteiger partial charge in [0.15, 0.2) is 6.10 Å². The molecule has 0 aliphatic rings. The van der Waals surface area contributed by atoms with Crippen LogP contribution in [-0.2, 0) is 0 Å². The number of aliphatic hydroxyl groups is 1. The van der Waals surface area contributed by atoms with Crippen molar-refractivity contribution < 1.29 is 18.3 Å². The summed E-state index contributed by atoms with van der Waals surface area (Å²) >= 11 is 3.07. The first-order valence-corrected chi connectivity index (χ1v) is 4.80. The van der Waals surface area contributed by atoms with E-state index >= 15 is 0 Å². The van der Waals surface area contributed by atoms with E-state index in [4.69, 9.17) is 5.11 Å². The van der Waals surface area contributed by atoms with Crippen molar-refractivity contribution in [2.75, 3.05) is 11.9 Å². The van der Waals surface area contributed by atoms with Crippen molar-refractivity contribution in [3.05, 3.63) is 22.8 Å². The number of hydrogen-bond donors (Lipinski definition) is 2. The first-order valence-electron chi connectivity index (χ1n) is 4.01. The van der Waals surface area contributed by atoms with Crippen LogP contribution in [0.25, 0.3) is 0 Å². The zero-order chi connectivity index (χ0) is 11.5. The lowest BCUT2D eigenvalue weighted by molar-refractivity contribution is -0.198. The summed E-state index contributed by atoms with van der Waals surface area (Å²) in [6.07, 6.45) is -7.00. The highest BCUT2D eigenvalue weighted by atomic mass is 79.9. The molecule has 7 heteroatoms. The van der Waals surface area contributed by atoms with Crippen LogP contribution in [0.4, 0.5) is 19.0 Å². The molecule has 0 saturated heterocycles. The molecule has 1 aromatic rings. The minimum absolute atomic E-state index is 0.271. The van der Waals surface area contributed by atoms with E-state index in [-0.39, 0.29) is 5.82 Å². The third-order valence-electron chi connectivity index (χ3n) is 1.57. The number of nitrogens with zero attached hydrogens (tertiary/aromatic N) is 1. The van der Waals surface area contributed by atoms with Crippen LogP contribution in [0, 0.1) is 0 Å². The lowest BCUT2D eigenvalue weighted by Gasteiger charge is -2.15. The largest absolute Gasteiger partial charge is 0.416 e. The van der Waals surface area contributed by atoms with Crippen molar-refractivity contribution in [2.24, 2.45) is 0 Å². The van der Waals surface area contributed by atoms with Crippen LogP contribution < -0.4 is 5.32 Å². The highest BCUT2D eigenvalue weighted by Gasteiger charge is 2.37. The zero-order valence-corrected chi connectivity index (χ0v) is 9.01. The molecule has 3 nitrogen and oxygen atoms in total. The van der Waals surface area contributed by atoms with Gasteiger partial charge in [-0.3, -0.25) is 0 Å². The fourth-order valence-corrected chi connectivity index (χ4v) is 1.17. The van der Waals surface area contributed by atoms with E-state index in [9.17, 15) is 13.2 Å². The van der Waals surface area contributed by atoms with Gasteiger partial charge in [-0.2, -0.15) is 13.2 Å². The van der Waals surface area contributed by atoms with Crippen molar-refractivity contribution in [1.29, 1.82) is 0 Å². The molecule has 0 aromatic carbocycles. The third kappa shape index (κ3) is 4.05. The number of halogens is 4. The normalized spacial score (nSPS) is 13.7. The number of rotatable bonds is 3. The standard InChI is InChI=1S/C8H8BrF3N2O/c9-6-2-1-3-7(14-6)13-4-5(15)8(10,11)12/h1-3,5,15H,4H2,(H,13,14). The van der Waals surface area contributed by atoms with Crippen LogP contribution in [0.2, 0.25) is 0 Å². The number of aromatic nitrogens is 1. The monoisotopic (exact) mass is 284 g/mol. The summed E-state index contributed by atoms with van der Waals surface area (Å²) in [7, 11) is 0. The minimum atomic E-state index is -4.61. The molecule has 1 heterocycles. The molecule has 0 bridgehead atoms. The Bertz CT molecular complexity index is 332. The van der Waals surface area contributed by atoms with Crippen LogP contribution in [-0.4, -0.2) is 28.9 Å². The van der Waals surface area contributed by atoms with Gasteiger partial charge in [0.25, 0.3) is 0 Å². The SMILES string of the molecule is OC(CNc1cccc(Br)n1)C(F)(F)F. The van der Waals surface area contributed by atoms with Gasteiger partial charge >= 0.3 is 6.18 Å². The van der Waals surface area contributed by atoms with Crippen molar-refractivity contribution in [3.8, 4) is 0 Å². The summed E-state index contributed by atoms with van der Waals surface area (Å²) in [5, 5.41) is 11.1. The molecule has 0 aliphatic carbocycles. The molecular formula is C8H8BrF3N2O. The van der Waals surface area contributed by atoms with Crippen molar-refractivity contribution in [2.45, 2.75) is 12.3 Å². The van der Waals surface area contributed by atoms with Gasteiger partial charge in [0.05, 0.1) is 6.54 Å². The fourth-order valence-electron chi connectivity index (χ4n) is 0.824. The molecule has 84 valence electrons. The van der Waals surface area contributed by atoms with Crippen LogP contribution in [0.3, 0.4) is 0 Å². The Morgan fingerprint density at radius 3 is 2.67 bits per heavy atom. The maximum atomic E-state index is 11.9. The van der Waals surface area contributed by atoms with Gasteiger partial charge in [0.1, 0.15) is 10.4 Å². The third-order valence-corrected chi connectivity index (χ3v) is 2.01. The summed E-state index contributed by atoms with van der Waals surface area (Å²) in [4.78, 5) is 3.85. The molecule has 1 aromatic heterocycles. The Kier molecular flexibility index (Phi) is 3.92. The second-order valence-corrected chi connectivity index (χ2v) is 3.60. The van der Waals surface area contributed by atoms with E-state index < -0.39 is 18.8 Å². The smallest absolute Gasteiger partial charge is 0.382 e. The summed E-state index contributed by atoms with van der Waals surface area (Å²) < 4.78 is 36.2. The molecule has 0 spiro atoms. The summed E-state index contributed by atoms with van der Waals surface area (Å²) in [6.45, 7) is -0.618. The topological polar surface area (TPSA) is 45.1 Å². The van der Waals surface area contributed by atoms with Crippen molar-refractivity contribution in [3.63, 3.8) is 0 Å². The Morgan fingerprint density at radius 1 is 1.47 bits per heavy atom. The molecular weight excluding hydrogens is 277 g/mol. The molecule has 0 amide bonds. The summed E-state index contributed by atoms with van der Waals surface area (Å²) in [6, 6.07) is 4.78. The van der Waals surface area contributed by atoms with Crippen molar-refractivity contribution in [1.82, 2.24) is 4.98 Å². The number of nitrogens with one attached hydrogen (secondary N) is 1. The summed E-state index contributed by atoms with van der Waals surface area (Å²) in [5.41, 5.74) is 0. The van der Waals surface area contributed by atoms with Crippen LogP contribution in [0.15, 0.2) is 22.8 Å². The van der Waals surface area contributed by atoms with E-state index in [1.807, 2.05) is 0 Å². The average molecular weight is 285 g/mol. The Morgan fingerprint density at radius 2 is 2.13 bits per heavy atom. The van der Waals surface area contributed by atoms with E-state index in [2.05, 4.69) is 26.2 Å². The van der Waals surface area contributed by atoms with Crippen LogP contribution in [0.5, 0.6) is 0 Å². The van der Waals surface area contributed by atoms with Crippen LogP contribution >= 0.6 is 15.9 Å². The van der Waals surface area contributed by atoms with Gasteiger partial charge in [-0.15, -0.1) is 0 Å². The number of hydrogen-bond acceptors (Lipinski definition) is 3. The quantitative estimate of drug-likeness (QED) is 0.837. The molecule has 0 fully saturated rings. The molecule has 1 atom stereocenters. The maximum Gasteiger partial charge on any atom is 0.416 e. The molecule has 0 saturated carbocycles. The fraction of sp³-hybridized carbons (Fsp3) is 0.375. The molecule has 15 heavy (non-hydrogen) atoms. The maximum absolute atomic E-state index is 11.9. The van der Waals surface area contributed by atoms with E-state index in [1.165, 1.54) is 6.07 Å². The first-order chi connectivity index (χ1) is 6.89. The van der Waals surface area contributed by atoms with Gasteiger partial charge in [-0.25, -0.2) is 4.98 Å². The molecule has 0 radical (unpaired) electrons. The predicted molar refractivity (Wildman–Crippen MR) is 52.5 cm³/mol.